The molecule has 0 amide bonds. The van der Waals surface area contributed by atoms with E-state index in [1.807, 2.05) is 0 Å². The van der Waals surface area contributed by atoms with Gasteiger partial charge < -0.3 is 5.11 Å². The van der Waals surface area contributed by atoms with Crippen molar-refractivity contribution in [3.05, 3.63) is 75.9 Å². The van der Waals surface area contributed by atoms with Gasteiger partial charge in [0.2, 0.25) is 11.6 Å². The lowest BCUT2D eigenvalue weighted by Crippen LogP contribution is -2.16. The van der Waals surface area contributed by atoms with Crippen molar-refractivity contribution >= 4 is 17.3 Å². The van der Waals surface area contributed by atoms with Gasteiger partial charge in [-0.25, -0.2) is 0 Å². The molecule has 0 aliphatic heterocycles. The fourth-order valence-electron chi connectivity index (χ4n) is 2.71. The molecule has 1 aliphatic carbocycles. The summed E-state index contributed by atoms with van der Waals surface area (Å²) in [5, 5.41) is 10.1. The molecule has 0 fully saturated rings. The molecule has 0 bridgehead atoms. The predicted molar refractivity (Wildman–Crippen MR) is 81.1 cm³/mol. The Morgan fingerprint density at radius 2 is 1.30 bits per heavy atom. The predicted octanol–water partition coefficient (Wildman–Crippen LogP) is 5.07. The SMILES string of the molecule is O=C(C1=C(O)c2ccccc2C1=O)c1cc(C(F)(F)F)cc(C(F)(F)F)c1. The third kappa shape index (κ3) is 3.20. The van der Waals surface area contributed by atoms with Crippen molar-refractivity contribution in [2.75, 3.05) is 0 Å². The van der Waals surface area contributed by atoms with Crippen LogP contribution in [0.4, 0.5) is 26.3 Å². The van der Waals surface area contributed by atoms with Gasteiger partial charge in [0.25, 0.3) is 0 Å². The van der Waals surface area contributed by atoms with Crippen LogP contribution < -0.4 is 0 Å². The lowest BCUT2D eigenvalue weighted by atomic mass is 9.96. The highest BCUT2D eigenvalue weighted by molar-refractivity contribution is 6.37. The molecule has 0 radical (unpaired) electrons. The van der Waals surface area contributed by atoms with Crippen LogP contribution in [0.1, 0.15) is 37.4 Å². The molecular weight excluding hydrogens is 378 g/mol. The van der Waals surface area contributed by atoms with Crippen LogP contribution in [0, 0.1) is 0 Å². The summed E-state index contributed by atoms with van der Waals surface area (Å²) in [7, 11) is 0. The molecule has 9 heteroatoms. The third-order valence-electron chi connectivity index (χ3n) is 3.97. The van der Waals surface area contributed by atoms with Crippen LogP contribution in [0.2, 0.25) is 0 Å². The van der Waals surface area contributed by atoms with E-state index in [0.29, 0.717) is 0 Å². The number of alkyl halides is 6. The van der Waals surface area contributed by atoms with E-state index in [1.165, 1.54) is 24.3 Å². The van der Waals surface area contributed by atoms with Crippen LogP contribution in [0.15, 0.2) is 48.0 Å². The Morgan fingerprint density at radius 3 is 1.74 bits per heavy atom. The highest BCUT2D eigenvalue weighted by Crippen LogP contribution is 2.38. The maximum Gasteiger partial charge on any atom is 0.416 e. The minimum Gasteiger partial charge on any atom is -0.506 e. The maximum absolute atomic E-state index is 12.9. The van der Waals surface area contributed by atoms with Gasteiger partial charge in [0.15, 0.2) is 0 Å². The normalized spacial score (nSPS) is 14.5. The molecule has 27 heavy (non-hydrogen) atoms. The number of allylic oxidation sites excluding steroid dienone is 1. The van der Waals surface area contributed by atoms with Gasteiger partial charge in [0.1, 0.15) is 11.3 Å². The summed E-state index contributed by atoms with van der Waals surface area (Å²) in [6.45, 7) is 0. The molecule has 0 saturated heterocycles. The molecule has 3 rings (SSSR count). The Balaban J connectivity index is 2.16. The first kappa shape index (κ1) is 18.7. The fourth-order valence-corrected chi connectivity index (χ4v) is 2.71. The molecule has 0 atom stereocenters. The fraction of sp³-hybridized carbons (Fsp3) is 0.111. The number of carbonyl (C=O) groups is 2. The Hall–Kier alpha value is -3.10. The van der Waals surface area contributed by atoms with Gasteiger partial charge in [-0.2, -0.15) is 26.3 Å². The van der Waals surface area contributed by atoms with Crippen molar-refractivity contribution in [1.82, 2.24) is 0 Å². The van der Waals surface area contributed by atoms with Crippen LogP contribution in [0.25, 0.3) is 5.76 Å². The van der Waals surface area contributed by atoms with Crippen molar-refractivity contribution in [3.63, 3.8) is 0 Å². The summed E-state index contributed by atoms with van der Waals surface area (Å²) in [6, 6.07) is 5.77. The third-order valence-corrected chi connectivity index (χ3v) is 3.97. The Bertz CT molecular complexity index is 967. The minimum atomic E-state index is -5.14. The van der Waals surface area contributed by atoms with Crippen molar-refractivity contribution in [2.45, 2.75) is 12.4 Å². The summed E-state index contributed by atoms with van der Waals surface area (Å²) in [5.74, 6) is -3.18. The van der Waals surface area contributed by atoms with Gasteiger partial charge in [-0.3, -0.25) is 9.59 Å². The van der Waals surface area contributed by atoms with E-state index in [4.69, 9.17) is 0 Å². The average molecular weight is 386 g/mol. The summed E-state index contributed by atoms with van der Waals surface area (Å²) < 4.78 is 77.6. The molecule has 1 N–H and O–H groups in total. The second-order valence-electron chi connectivity index (χ2n) is 5.72. The highest BCUT2D eigenvalue weighted by Gasteiger charge is 2.40. The molecule has 2 aromatic rings. The highest BCUT2D eigenvalue weighted by atomic mass is 19.4. The van der Waals surface area contributed by atoms with Crippen LogP contribution in [-0.4, -0.2) is 16.7 Å². The summed E-state index contributed by atoms with van der Waals surface area (Å²) in [5.41, 5.74) is -5.34. The Kier molecular flexibility index (Phi) is 4.13. The Labute approximate surface area is 147 Å². The second kappa shape index (κ2) is 5.97. The van der Waals surface area contributed by atoms with Crippen molar-refractivity contribution in [2.24, 2.45) is 0 Å². The number of Topliss-reactive ketones (excluding diaryl/α,β-unsaturated/α-hetero) is 2. The molecule has 0 spiro atoms. The average Bonchev–Trinajstić information content (AvgIpc) is 2.84. The zero-order valence-corrected chi connectivity index (χ0v) is 13.1. The number of hydrogen-bond donors (Lipinski definition) is 1. The molecule has 0 aromatic heterocycles. The number of fused-ring (bicyclic) bond motifs is 1. The molecule has 0 saturated carbocycles. The summed E-state index contributed by atoms with van der Waals surface area (Å²) in [6.07, 6.45) is -10.3. The molecule has 1 aliphatic rings. The monoisotopic (exact) mass is 386 g/mol. The van der Waals surface area contributed by atoms with Crippen molar-refractivity contribution < 1.29 is 41.0 Å². The van der Waals surface area contributed by atoms with Gasteiger partial charge in [-0.15, -0.1) is 0 Å². The van der Waals surface area contributed by atoms with E-state index in [9.17, 15) is 41.0 Å². The second-order valence-corrected chi connectivity index (χ2v) is 5.72. The van der Waals surface area contributed by atoms with Crippen LogP contribution in [-0.2, 0) is 12.4 Å². The number of benzene rings is 2. The molecule has 3 nitrogen and oxygen atoms in total. The van der Waals surface area contributed by atoms with Gasteiger partial charge >= 0.3 is 12.4 Å². The first-order chi connectivity index (χ1) is 12.4. The van der Waals surface area contributed by atoms with E-state index >= 15 is 0 Å². The Morgan fingerprint density at radius 1 is 0.815 bits per heavy atom. The van der Waals surface area contributed by atoms with E-state index in [2.05, 4.69) is 0 Å². The van der Waals surface area contributed by atoms with E-state index in [-0.39, 0.29) is 29.3 Å². The number of aliphatic hydroxyl groups is 1. The lowest BCUT2D eigenvalue weighted by molar-refractivity contribution is -0.143. The summed E-state index contributed by atoms with van der Waals surface area (Å²) in [4.78, 5) is 24.8. The number of halogens is 6. The first-order valence-electron chi connectivity index (χ1n) is 7.33. The van der Waals surface area contributed by atoms with E-state index < -0.39 is 51.9 Å². The van der Waals surface area contributed by atoms with Crippen LogP contribution >= 0.6 is 0 Å². The number of hydrogen-bond acceptors (Lipinski definition) is 3. The maximum atomic E-state index is 12.9. The minimum absolute atomic E-state index is 0.0196. The topological polar surface area (TPSA) is 54.4 Å². The van der Waals surface area contributed by atoms with Crippen molar-refractivity contribution in [3.8, 4) is 0 Å². The first-order valence-corrected chi connectivity index (χ1v) is 7.33. The number of ketones is 2. The molecule has 2 aromatic carbocycles. The zero-order chi connectivity index (χ0) is 20.1. The molecule has 140 valence electrons. The smallest absolute Gasteiger partial charge is 0.416 e. The van der Waals surface area contributed by atoms with E-state index in [0.717, 1.165) is 0 Å². The van der Waals surface area contributed by atoms with Crippen LogP contribution in [0.3, 0.4) is 0 Å². The van der Waals surface area contributed by atoms with Gasteiger partial charge in [-0.1, -0.05) is 24.3 Å². The number of carbonyl (C=O) groups excluding carboxylic acids is 2. The van der Waals surface area contributed by atoms with Gasteiger partial charge in [0, 0.05) is 16.7 Å². The number of aliphatic hydroxyl groups excluding tert-OH is 1. The quantitative estimate of drug-likeness (QED) is 0.445. The van der Waals surface area contributed by atoms with Gasteiger partial charge in [-0.05, 0) is 18.2 Å². The molecule has 0 unspecified atom stereocenters. The molecular formula is C18H8F6O3. The van der Waals surface area contributed by atoms with Gasteiger partial charge in [0.05, 0.1) is 11.1 Å². The number of rotatable bonds is 2. The lowest BCUT2D eigenvalue weighted by Gasteiger charge is -2.14. The standard InChI is InChI=1S/C18H8F6O3/c19-17(20,21)9-5-8(6-10(7-9)18(22,23)24)14(25)13-15(26)11-3-1-2-4-12(11)16(13)27/h1-7,26H. The molecule has 0 heterocycles. The van der Waals surface area contributed by atoms with Crippen molar-refractivity contribution in [1.29, 1.82) is 0 Å². The largest absolute Gasteiger partial charge is 0.506 e. The van der Waals surface area contributed by atoms with E-state index in [1.54, 1.807) is 0 Å². The summed E-state index contributed by atoms with van der Waals surface area (Å²) >= 11 is 0. The van der Waals surface area contributed by atoms with Crippen LogP contribution in [0.5, 0.6) is 0 Å². The zero-order valence-electron chi connectivity index (χ0n) is 13.1.